The van der Waals surface area contributed by atoms with Crippen LogP contribution in [0.4, 0.5) is 5.82 Å². The number of aromatic nitrogens is 2. The van der Waals surface area contributed by atoms with E-state index in [9.17, 15) is 9.59 Å². The molecule has 6 nitrogen and oxygen atoms in total. The zero-order valence-corrected chi connectivity index (χ0v) is 11.1. The van der Waals surface area contributed by atoms with Crippen molar-refractivity contribution in [3.63, 3.8) is 0 Å². The molecule has 1 aromatic rings. The van der Waals surface area contributed by atoms with E-state index in [1.807, 2.05) is 20.8 Å². The zero-order chi connectivity index (χ0) is 13.5. The quantitative estimate of drug-likeness (QED) is 0.777. The molecule has 0 saturated heterocycles. The molecule has 1 amide bonds. The first-order valence-corrected chi connectivity index (χ1v) is 6.22. The van der Waals surface area contributed by atoms with Crippen molar-refractivity contribution >= 4 is 11.7 Å². The molecule has 0 bridgehead atoms. The van der Waals surface area contributed by atoms with Gasteiger partial charge < -0.3 is 15.2 Å². The molecule has 0 unspecified atom stereocenters. The summed E-state index contributed by atoms with van der Waals surface area (Å²) in [6, 6.07) is 1.36. The minimum Gasteiger partial charge on any atom is -0.361 e. The van der Waals surface area contributed by atoms with Crippen LogP contribution in [0.2, 0.25) is 0 Å². The molecule has 0 fully saturated rings. The standard InChI is InChI=1S/C12H20N4O2/c1-4-9-14-10(7-11(17)15-9)13-8-12(18)16(5-2)6-3/h7H,4-6,8H2,1-3H3,(H2,13,14,15,17). The highest BCUT2D eigenvalue weighted by Gasteiger charge is 2.09. The van der Waals surface area contributed by atoms with Crippen LogP contribution in [0.15, 0.2) is 10.9 Å². The van der Waals surface area contributed by atoms with Gasteiger partial charge in [-0.3, -0.25) is 9.59 Å². The van der Waals surface area contributed by atoms with Gasteiger partial charge in [-0.1, -0.05) is 6.92 Å². The van der Waals surface area contributed by atoms with E-state index in [2.05, 4.69) is 15.3 Å². The second-order valence-corrected chi connectivity index (χ2v) is 3.85. The molecular weight excluding hydrogens is 232 g/mol. The zero-order valence-electron chi connectivity index (χ0n) is 11.1. The van der Waals surface area contributed by atoms with Crippen molar-refractivity contribution in [2.45, 2.75) is 27.2 Å². The van der Waals surface area contributed by atoms with Crippen LogP contribution in [0.25, 0.3) is 0 Å². The Morgan fingerprint density at radius 2 is 2.06 bits per heavy atom. The predicted octanol–water partition coefficient (Wildman–Crippen LogP) is 0.613. The maximum absolute atomic E-state index is 11.8. The van der Waals surface area contributed by atoms with E-state index in [1.54, 1.807) is 4.90 Å². The summed E-state index contributed by atoms with van der Waals surface area (Å²) in [6.07, 6.45) is 0.648. The van der Waals surface area contributed by atoms with E-state index in [0.717, 1.165) is 0 Å². The first-order chi connectivity index (χ1) is 8.60. The molecule has 1 rings (SSSR count). The van der Waals surface area contributed by atoms with Gasteiger partial charge in [0.05, 0.1) is 6.54 Å². The van der Waals surface area contributed by atoms with Crippen LogP contribution in [0, 0.1) is 0 Å². The van der Waals surface area contributed by atoms with E-state index in [-0.39, 0.29) is 18.0 Å². The first kappa shape index (κ1) is 14.2. The molecule has 0 radical (unpaired) electrons. The number of carbonyl (C=O) groups excluding carboxylic acids is 1. The van der Waals surface area contributed by atoms with Crippen molar-refractivity contribution in [1.82, 2.24) is 14.9 Å². The third kappa shape index (κ3) is 3.87. The summed E-state index contributed by atoms with van der Waals surface area (Å²) in [5, 5.41) is 2.89. The molecule has 0 aliphatic rings. The van der Waals surface area contributed by atoms with Gasteiger partial charge in [0.2, 0.25) is 5.91 Å². The predicted molar refractivity (Wildman–Crippen MR) is 70.7 cm³/mol. The van der Waals surface area contributed by atoms with E-state index in [1.165, 1.54) is 6.07 Å². The Kier molecular flexibility index (Phi) is 5.35. The summed E-state index contributed by atoms with van der Waals surface area (Å²) in [5.74, 6) is 1.05. The second kappa shape index (κ2) is 6.78. The molecule has 0 aliphatic carbocycles. The van der Waals surface area contributed by atoms with Crippen LogP contribution in [0.5, 0.6) is 0 Å². The molecule has 0 spiro atoms. The maximum atomic E-state index is 11.8. The summed E-state index contributed by atoms with van der Waals surface area (Å²) in [7, 11) is 0. The molecule has 0 saturated carbocycles. The highest BCUT2D eigenvalue weighted by atomic mass is 16.2. The summed E-state index contributed by atoms with van der Waals surface area (Å²) >= 11 is 0. The topological polar surface area (TPSA) is 78.1 Å². The third-order valence-corrected chi connectivity index (χ3v) is 2.66. The van der Waals surface area contributed by atoms with Crippen molar-refractivity contribution < 1.29 is 4.79 Å². The van der Waals surface area contributed by atoms with Gasteiger partial charge in [0, 0.05) is 25.6 Å². The number of nitrogens with zero attached hydrogens (tertiary/aromatic N) is 2. The highest BCUT2D eigenvalue weighted by molar-refractivity contribution is 5.80. The fourth-order valence-corrected chi connectivity index (χ4v) is 1.62. The van der Waals surface area contributed by atoms with Gasteiger partial charge in [0.15, 0.2) is 0 Å². The molecule has 1 heterocycles. The number of anilines is 1. The molecule has 0 aromatic carbocycles. The Morgan fingerprint density at radius 1 is 1.39 bits per heavy atom. The Labute approximate surface area is 106 Å². The molecule has 0 atom stereocenters. The first-order valence-electron chi connectivity index (χ1n) is 6.22. The third-order valence-electron chi connectivity index (χ3n) is 2.66. The average molecular weight is 252 g/mol. The summed E-state index contributed by atoms with van der Waals surface area (Å²) in [6.45, 7) is 7.29. The molecular formula is C12H20N4O2. The fraction of sp³-hybridized carbons (Fsp3) is 0.583. The number of hydrogen-bond donors (Lipinski definition) is 2. The van der Waals surface area contributed by atoms with Gasteiger partial charge >= 0.3 is 0 Å². The maximum Gasteiger partial charge on any atom is 0.252 e. The van der Waals surface area contributed by atoms with Gasteiger partial charge in [0.25, 0.3) is 5.56 Å². The Hall–Kier alpha value is -1.85. The van der Waals surface area contributed by atoms with Crippen LogP contribution >= 0.6 is 0 Å². The Morgan fingerprint density at radius 3 is 2.61 bits per heavy atom. The second-order valence-electron chi connectivity index (χ2n) is 3.85. The molecule has 2 N–H and O–H groups in total. The van der Waals surface area contributed by atoms with Crippen molar-refractivity contribution in [3.05, 3.63) is 22.2 Å². The van der Waals surface area contributed by atoms with E-state index in [4.69, 9.17) is 0 Å². The number of hydrogen-bond acceptors (Lipinski definition) is 4. The van der Waals surface area contributed by atoms with Gasteiger partial charge in [-0.05, 0) is 13.8 Å². The van der Waals surface area contributed by atoms with E-state index < -0.39 is 0 Å². The van der Waals surface area contributed by atoms with Crippen LogP contribution in [0.3, 0.4) is 0 Å². The number of likely N-dealkylation sites (N-methyl/N-ethyl adjacent to an activating group) is 1. The lowest BCUT2D eigenvalue weighted by Crippen LogP contribution is -2.35. The van der Waals surface area contributed by atoms with Crippen LogP contribution in [-0.2, 0) is 11.2 Å². The lowest BCUT2D eigenvalue weighted by Gasteiger charge is -2.18. The van der Waals surface area contributed by atoms with Crippen molar-refractivity contribution in [2.75, 3.05) is 25.0 Å². The number of aryl methyl sites for hydroxylation is 1. The van der Waals surface area contributed by atoms with Gasteiger partial charge in [0.1, 0.15) is 11.6 Å². The van der Waals surface area contributed by atoms with Crippen LogP contribution in [-0.4, -0.2) is 40.4 Å². The van der Waals surface area contributed by atoms with Gasteiger partial charge in [-0.15, -0.1) is 0 Å². The minimum atomic E-state index is -0.209. The molecule has 1 aromatic heterocycles. The van der Waals surface area contributed by atoms with Crippen LogP contribution in [0.1, 0.15) is 26.6 Å². The molecule has 6 heteroatoms. The highest BCUT2D eigenvalue weighted by Crippen LogP contribution is 1.99. The molecule has 0 aliphatic heterocycles. The van der Waals surface area contributed by atoms with E-state index in [0.29, 0.717) is 31.2 Å². The molecule has 18 heavy (non-hydrogen) atoms. The average Bonchev–Trinajstić information content (AvgIpc) is 2.37. The number of nitrogens with one attached hydrogen (secondary N) is 2. The largest absolute Gasteiger partial charge is 0.361 e. The number of carbonyl (C=O) groups is 1. The Balaban J connectivity index is 2.66. The normalized spacial score (nSPS) is 10.2. The number of H-pyrrole nitrogens is 1. The van der Waals surface area contributed by atoms with Crippen molar-refractivity contribution in [1.29, 1.82) is 0 Å². The summed E-state index contributed by atoms with van der Waals surface area (Å²) in [5.41, 5.74) is -0.209. The smallest absolute Gasteiger partial charge is 0.252 e. The SMILES string of the molecule is CCc1nc(NCC(=O)N(CC)CC)cc(=O)[nH]1. The van der Waals surface area contributed by atoms with Crippen LogP contribution < -0.4 is 10.9 Å². The lowest BCUT2D eigenvalue weighted by atomic mass is 10.4. The van der Waals surface area contributed by atoms with Crippen molar-refractivity contribution in [3.8, 4) is 0 Å². The summed E-state index contributed by atoms with van der Waals surface area (Å²) in [4.78, 5) is 31.6. The fourth-order valence-electron chi connectivity index (χ4n) is 1.62. The Bertz CT molecular complexity index is 452. The minimum absolute atomic E-state index is 0.000120. The van der Waals surface area contributed by atoms with Gasteiger partial charge in [-0.25, -0.2) is 4.98 Å². The number of amides is 1. The molecule has 100 valence electrons. The number of rotatable bonds is 6. The van der Waals surface area contributed by atoms with Crippen molar-refractivity contribution in [2.24, 2.45) is 0 Å². The lowest BCUT2D eigenvalue weighted by molar-refractivity contribution is -0.128. The van der Waals surface area contributed by atoms with Gasteiger partial charge in [-0.2, -0.15) is 0 Å². The van der Waals surface area contributed by atoms with E-state index >= 15 is 0 Å². The monoisotopic (exact) mass is 252 g/mol. The number of aromatic amines is 1. The summed E-state index contributed by atoms with van der Waals surface area (Å²) < 4.78 is 0.